The number of H-pyrrole nitrogens is 1. The molecule has 1 atom stereocenters. The normalized spacial score (nSPS) is 17.1. The van der Waals surface area contributed by atoms with Gasteiger partial charge in [0.1, 0.15) is 17.2 Å². The lowest BCUT2D eigenvalue weighted by Crippen LogP contribution is -2.50. The quantitative estimate of drug-likeness (QED) is 0.427. The second kappa shape index (κ2) is 8.81. The Morgan fingerprint density at radius 3 is 2.82 bits per heavy atom. The van der Waals surface area contributed by atoms with Crippen LogP contribution >= 0.6 is 0 Å². The lowest BCUT2D eigenvalue weighted by atomic mass is 9.98. The average Bonchev–Trinajstić information content (AvgIpc) is 3.22. The number of halogens is 1. The topological polar surface area (TPSA) is 145 Å². The molecule has 4 rings (SSSR count). The molecule has 0 radical (unpaired) electrons. The van der Waals surface area contributed by atoms with Crippen molar-refractivity contribution >= 4 is 32.9 Å². The third kappa shape index (κ3) is 4.40. The van der Waals surface area contributed by atoms with Gasteiger partial charge < -0.3 is 19.9 Å². The van der Waals surface area contributed by atoms with Crippen LogP contribution in [-0.4, -0.2) is 65.3 Å². The summed E-state index contributed by atoms with van der Waals surface area (Å²) in [5, 5.41) is 19.3. The summed E-state index contributed by atoms with van der Waals surface area (Å²) in [6.45, 7) is -0.626. The molecule has 1 unspecified atom stereocenters. The Morgan fingerprint density at radius 1 is 1.33 bits per heavy atom. The molecule has 33 heavy (non-hydrogen) atoms. The number of aliphatic hydroxyl groups excluding tert-OH is 1. The van der Waals surface area contributed by atoms with Crippen LogP contribution in [-0.2, 0) is 10.2 Å². The Kier molecular flexibility index (Phi) is 6.06. The number of amides is 1. The van der Waals surface area contributed by atoms with Gasteiger partial charge in [0.15, 0.2) is 0 Å². The second-order valence-electron chi connectivity index (χ2n) is 7.40. The van der Waals surface area contributed by atoms with E-state index in [0.29, 0.717) is 33.6 Å². The van der Waals surface area contributed by atoms with Crippen molar-refractivity contribution in [3.05, 3.63) is 54.1 Å². The van der Waals surface area contributed by atoms with Crippen LogP contribution in [0.3, 0.4) is 0 Å². The van der Waals surface area contributed by atoms with Crippen LogP contribution in [0, 0.1) is 5.82 Å². The van der Waals surface area contributed by atoms with Crippen molar-refractivity contribution in [2.75, 3.05) is 20.3 Å². The van der Waals surface area contributed by atoms with Gasteiger partial charge >= 0.3 is 16.3 Å². The molecule has 0 aliphatic carbocycles. The molecule has 0 bridgehead atoms. The predicted molar refractivity (Wildman–Crippen MR) is 118 cm³/mol. The summed E-state index contributed by atoms with van der Waals surface area (Å²) in [5.41, 5.74) is 3.17. The highest BCUT2D eigenvalue weighted by Crippen LogP contribution is 2.37. The van der Waals surface area contributed by atoms with Gasteiger partial charge in [-0.15, -0.1) is 0 Å². The minimum Gasteiger partial charge on any atom is -0.496 e. The first-order valence-corrected chi connectivity index (χ1v) is 11.3. The monoisotopic (exact) mass is 476 g/mol. The Bertz CT molecular complexity index is 1350. The molecule has 10 nitrogen and oxygen atoms in total. The van der Waals surface area contributed by atoms with Crippen LogP contribution in [0.2, 0.25) is 0 Å². The molecule has 0 fully saturated rings. The zero-order valence-electron chi connectivity index (χ0n) is 17.4. The number of hydrogen-bond donors (Lipinski definition) is 4. The van der Waals surface area contributed by atoms with Crippen LogP contribution in [0.1, 0.15) is 12.1 Å². The minimum absolute atomic E-state index is 0.128. The van der Waals surface area contributed by atoms with E-state index in [0.717, 1.165) is 9.88 Å². The lowest BCUT2D eigenvalue weighted by Gasteiger charge is -2.32. The van der Waals surface area contributed by atoms with Crippen molar-refractivity contribution in [3.63, 3.8) is 0 Å². The van der Waals surface area contributed by atoms with Gasteiger partial charge in [-0.25, -0.2) is 18.9 Å². The number of fused-ring (bicyclic) bond motifs is 1. The number of aliphatic hydroxyl groups is 1. The van der Waals surface area contributed by atoms with Crippen LogP contribution in [0.25, 0.3) is 27.7 Å². The number of methoxy groups -OCH3 is 1. The average molecular weight is 476 g/mol. The number of carbonyl (C=O) groups is 1. The summed E-state index contributed by atoms with van der Waals surface area (Å²) in [6.07, 6.45) is 1.66. The first-order chi connectivity index (χ1) is 15.7. The van der Waals surface area contributed by atoms with E-state index in [2.05, 4.69) is 9.97 Å². The number of aromatic amines is 1. The highest BCUT2D eigenvalue weighted by molar-refractivity contribution is 7.87. The van der Waals surface area contributed by atoms with Gasteiger partial charge in [-0.3, -0.25) is 0 Å². The molecule has 4 N–H and O–H groups in total. The van der Waals surface area contributed by atoms with E-state index >= 15 is 0 Å². The van der Waals surface area contributed by atoms with Gasteiger partial charge in [0.2, 0.25) is 0 Å². The number of carboxylic acid groups (broad SMARTS) is 1. The first-order valence-electron chi connectivity index (χ1n) is 9.88. The van der Waals surface area contributed by atoms with Crippen LogP contribution in [0.4, 0.5) is 9.18 Å². The van der Waals surface area contributed by atoms with Gasteiger partial charge in [0, 0.05) is 29.4 Å². The maximum Gasteiger partial charge on any atom is 0.419 e. The zero-order chi connectivity index (χ0) is 23.8. The summed E-state index contributed by atoms with van der Waals surface area (Å²) in [7, 11) is -2.82. The Hall–Kier alpha value is -3.48. The van der Waals surface area contributed by atoms with Crippen molar-refractivity contribution in [1.82, 2.24) is 19.0 Å². The van der Waals surface area contributed by atoms with E-state index in [9.17, 15) is 22.7 Å². The molecular weight excluding hydrogens is 455 g/mol. The zero-order valence-corrected chi connectivity index (χ0v) is 18.3. The molecule has 1 amide bonds. The number of nitrogens with zero attached hydrogens (tertiary/aromatic N) is 2. The molecule has 174 valence electrons. The van der Waals surface area contributed by atoms with E-state index in [4.69, 9.17) is 9.84 Å². The molecule has 2 aromatic heterocycles. The van der Waals surface area contributed by atoms with Crippen molar-refractivity contribution in [1.29, 1.82) is 0 Å². The maximum atomic E-state index is 14.0. The number of benzene rings is 1. The van der Waals surface area contributed by atoms with Gasteiger partial charge in [0.25, 0.3) is 0 Å². The van der Waals surface area contributed by atoms with Gasteiger partial charge in [-0.2, -0.15) is 12.7 Å². The van der Waals surface area contributed by atoms with E-state index in [1.54, 1.807) is 24.4 Å². The summed E-state index contributed by atoms with van der Waals surface area (Å²) in [6, 6.07) is 6.94. The highest BCUT2D eigenvalue weighted by atomic mass is 32.2. The number of hydrogen-bond acceptors (Lipinski definition) is 6. The lowest BCUT2D eigenvalue weighted by molar-refractivity contribution is 0.186. The first kappa shape index (κ1) is 22.7. The SMILES string of the molecule is COc1ccc(F)cc1-c1ccnc2[nH]c(C3=CCN(S(=O)(=O)NC(=O)O)C(CO)C3)cc12. The number of ether oxygens (including phenoxy) is 1. The summed E-state index contributed by atoms with van der Waals surface area (Å²) in [4.78, 5) is 18.3. The molecule has 1 aromatic carbocycles. The summed E-state index contributed by atoms with van der Waals surface area (Å²) in [5.74, 6) is 0.0826. The highest BCUT2D eigenvalue weighted by Gasteiger charge is 2.34. The molecule has 3 heterocycles. The number of nitrogens with one attached hydrogen (secondary N) is 2. The molecule has 3 aromatic rings. The Morgan fingerprint density at radius 2 is 2.12 bits per heavy atom. The third-order valence-corrected chi connectivity index (χ3v) is 6.94. The molecule has 0 saturated heterocycles. The summed E-state index contributed by atoms with van der Waals surface area (Å²) < 4.78 is 46.3. The van der Waals surface area contributed by atoms with E-state index in [-0.39, 0.29) is 13.0 Å². The van der Waals surface area contributed by atoms with Gasteiger partial charge in [-0.1, -0.05) is 6.08 Å². The second-order valence-corrected chi connectivity index (χ2v) is 9.02. The molecule has 0 spiro atoms. The third-order valence-electron chi connectivity index (χ3n) is 5.45. The fourth-order valence-electron chi connectivity index (χ4n) is 3.95. The summed E-state index contributed by atoms with van der Waals surface area (Å²) >= 11 is 0. The Balaban J connectivity index is 1.73. The van der Waals surface area contributed by atoms with Crippen LogP contribution in [0.15, 0.2) is 42.6 Å². The number of rotatable bonds is 6. The standard InChI is InChI=1S/C21H21FN4O6S/c1-32-19-3-2-13(22)9-16(19)15-4-6-23-20-17(15)10-18(24-20)12-5-7-26(14(8-12)11-27)33(30,31)25-21(28)29/h2-6,9-10,14,25,27H,7-8,11H2,1H3,(H,23,24)(H,28,29). The van der Waals surface area contributed by atoms with Crippen molar-refractivity contribution in [3.8, 4) is 16.9 Å². The molecule has 0 saturated carbocycles. The maximum absolute atomic E-state index is 14.0. The van der Waals surface area contributed by atoms with E-state index < -0.39 is 34.8 Å². The van der Waals surface area contributed by atoms with Crippen molar-refractivity contribution < 1.29 is 32.6 Å². The largest absolute Gasteiger partial charge is 0.496 e. The fourth-order valence-corrected chi connectivity index (χ4v) is 5.09. The van der Waals surface area contributed by atoms with E-state index in [1.165, 1.54) is 24.0 Å². The number of pyridine rings is 1. The van der Waals surface area contributed by atoms with Crippen LogP contribution < -0.4 is 9.46 Å². The Labute approximate surface area is 188 Å². The minimum atomic E-state index is -4.32. The van der Waals surface area contributed by atoms with Gasteiger partial charge in [0.05, 0.1) is 19.8 Å². The molecule has 12 heteroatoms. The van der Waals surface area contributed by atoms with E-state index in [1.807, 2.05) is 6.07 Å². The smallest absolute Gasteiger partial charge is 0.419 e. The molecular formula is C21H21FN4O6S. The van der Waals surface area contributed by atoms with Gasteiger partial charge in [-0.05, 0) is 47.9 Å². The molecule has 1 aliphatic rings. The van der Waals surface area contributed by atoms with Crippen molar-refractivity contribution in [2.24, 2.45) is 0 Å². The fraction of sp³-hybridized carbons (Fsp3) is 0.238. The van der Waals surface area contributed by atoms with Crippen LogP contribution in [0.5, 0.6) is 5.75 Å². The molecule has 1 aliphatic heterocycles. The van der Waals surface area contributed by atoms with Crippen molar-refractivity contribution in [2.45, 2.75) is 12.5 Å². The predicted octanol–water partition coefficient (Wildman–Crippen LogP) is 2.34. The number of aromatic nitrogens is 2.